The molecule has 0 heterocycles. The third-order valence-corrected chi connectivity index (χ3v) is 2.01. The van der Waals surface area contributed by atoms with E-state index in [1.807, 2.05) is 0 Å². The molecule has 0 aromatic carbocycles. The topological polar surface area (TPSA) is 12.0 Å². The van der Waals surface area contributed by atoms with Crippen LogP contribution in [0.2, 0.25) is 0 Å². The van der Waals surface area contributed by atoms with Crippen molar-refractivity contribution in [2.45, 2.75) is 59.4 Å². The molecule has 0 aliphatic heterocycles. The molecule has 0 aliphatic carbocycles. The molecule has 0 saturated heterocycles. The summed E-state index contributed by atoms with van der Waals surface area (Å²) in [6.45, 7) is 8.87. The van der Waals surface area contributed by atoms with Crippen molar-refractivity contribution in [3.05, 3.63) is 6.04 Å². The zero-order valence-electron chi connectivity index (χ0n) is 8.41. The second-order valence-corrected chi connectivity index (χ2v) is 3.34. The summed E-state index contributed by atoms with van der Waals surface area (Å²) < 4.78 is 0. The molecule has 1 N–H and O–H groups in total. The number of nitrogens with one attached hydrogen (secondary N) is 1. The lowest BCUT2D eigenvalue weighted by atomic mass is 10.1. The summed E-state index contributed by atoms with van der Waals surface area (Å²) in [5.41, 5.74) is 0. The highest BCUT2D eigenvalue weighted by Gasteiger charge is 2.04. The van der Waals surface area contributed by atoms with Crippen molar-refractivity contribution in [2.75, 3.05) is 0 Å². The van der Waals surface area contributed by atoms with Crippen molar-refractivity contribution >= 4 is 0 Å². The van der Waals surface area contributed by atoms with Gasteiger partial charge in [-0.3, -0.25) is 0 Å². The van der Waals surface area contributed by atoms with Gasteiger partial charge in [0.2, 0.25) is 0 Å². The summed E-state index contributed by atoms with van der Waals surface area (Å²) >= 11 is 0. The smallest absolute Gasteiger partial charge is 0.0335 e. The van der Waals surface area contributed by atoms with E-state index in [-0.39, 0.29) is 0 Å². The van der Waals surface area contributed by atoms with Gasteiger partial charge in [0, 0.05) is 12.1 Å². The van der Waals surface area contributed by atoms with Crippen LogP contribution in [-0.4, -0.2) is 6.04 Å². The monoisotopic (exact) mass is 156 g/mol. The average molecular weight is 156 g/mol. The van der Waals surface area contributed by atoms with E-state index in [1.165, 1.54) is 31.7 Å². The van der Waals surface area contributed by atoms with Gasteiger partial charge in [-0.1, -0.05) is 26.7 Å². The van der Waals surface area contributed by atoms with Crippen molar-refractivity contribution in [1.29, 1.82) is 0 Å². The maximum Gasteiger partial charge on any atom is 0.0335 e. The summed E-state index contributed by atoms with van der Waals surface area (Å²) in [5, 5.41) is 3.48. The van der Waals surface area contributed by atoms with Crippen molar-refractivity contribution in [3.8, 4) is 0 Å². The highest BCUT2D eigenvalue weighted by Crippen LogP contribution is 2.07. The fourth-order valence-electron chi connectivity index (χ4n) is 1.04. The van der Waals surface area contributed by atoms with E-state index in [0.717, 1.165) is 0 Å². The van der Waals surface area contributed by atoms with Gasteiger partial charge in [0.25, 0.3) is 0 Å². The van der Waals surface area contributed by atoms with Gasteiger partial charge in [-0.2, -0.15) is 0 Å². The molecule has 0 aliphatic rings. The Morgan fingerprint density at radius 2 is 2.00 bits per heavy atom. The van der Waals surface area contributed by atoms with Gasteiger partial charge in [-0.15, -0.1) is 0 Å². The van der Waals surface area contributed by atoms with E-state index in [4.69, 9.17) is 0 Å². The van der Waals surface area contributed by atoms with Gasteiger partial charge in [0.1, 0.15) is 0 Å². The minimum Gasteiger partial charge on any atom is -0.307 e. The van der Waals surface area contributed by atoms with E-state index in [0.29, 0.717) is 6.04 Å². The van der Waals surface area contributed by atoms with Crippen molar-refractivity contribution in [1.82, 2.24) is 5.32 Å². The standard InChI is InChI=1S/C10H22N/c1-5-7-8-10(4)11-9(3)6-2/h9,11H,5-8H2,1-4H3. The van der Waals surface area contributed by atoms with Crippen LogP contribution < -0.4 is 5.32 Å². The molecule has 1 unspecified atom stereocenters. The zero-order valence-corrected chi connectivity index (χ0v) is 8.41. The molecule has 0 spiro atoms. The third kappa shape index (κ3) is 6.36. The average Bonchev–Trinajstić information content (AvgIpc) is 2.00. The second kappa shape index (κ2) is 6.66. The molecule has 1 atom stereocenters. The second-order valence-electron chi connectivity index (χ2n) is 3.34. The summed E-state index contributed by atoms with van der Waals surface area (Å²) in [6.07, 6.45) is 5.05. The lowest BCUT2D eigenvalue weighted by Crippen LogP contribution is -2.28. The minimum absolute atomic E-state index is 0.645. The Balaban J connectivity index is 3.27. The van der Waals surface area contributed by atoms with Crippen LogP contribution >= 0.6 is 0 Å². The van der Waals surface area contributed by atoms with Gasteiger partial charge in [0.15, 0.2) is 0 Å². The third-order valence-electron chi connectivity index (χ3n) is 2.01. The maximum absolute atomic E-state index is 3.48. The lowest BCUT2D eigenvalue weighted by Gasteiger charge is -2.17. The van der Waals surface area contributed by atoms with Gasteiger partial charge < -0.3 is 5.32 Å². The first-order valence-corrected chi connectivity index (χ1v) is 4.79. The van der Waals surface area contributed by atoms with Gasteiger partial charge in [-0.25, -0.2) is 0 Å². The Bertz CT molecular complexity index is 80.9. The molecule has 0 saturated carbocycles. The molecule has 0 bridgehead atoms. The van der Waals surface area contributed by atoms with E-state index < -0.39 is 0 Å². The molecule has 1 radical (unpaired) electrons. The molecule has 11 heavy (non-hydrogen) atoms. The molecular weight excluding hydrogens is 134 g/mol. The Morgan fingerprint density at radius 1 is 1.36 bits per heavy atom. The van der Waals surface area contributed by atoms with Gasteiger partial charge >= 0.3 is 0 Å². The molecule has 67 valence electrons. The first-order chi connectivity index (χ1) is 5.20. The van der Waals surface area contributed by atoms with Crippen molar-refractivity contribution in [3.63, 3.8) is 0 Å². The predicted octanol–water partition coefficient (Wildman–Crippen LogP) is 3.12. The Kier molecular flexibility index (Phi) is 6.63. The van der Waals surface area contributed by atoms with Gasteiger partial charge in [-0.05, 0) is 26.7 Å². The number of rotatable bonds is 6. The van der Waals surface area contributed by atoms with Crippen LogP contribution in [0, 0.1) is 6.04 Å². The molecule has 0 aromatic rings. The maximum atomic E-state index is 3.48. The van der Waals surface area contributed by atoms with Crippen LogP contribution in [0.1, 0.15) is 53.4 Å². The molecule has 1 nitrogen and oxygen atoms in total. The molecular formula is C10H22N. The molecule has 0 amide bonds. The highest BCUT2D eigenvalue weighted by molar-refractivity contribution is 4.82. The van der Waals surface area contributed by atoms with Crippen LogP contribution in [0.4, 0.5) is 0 Å². The number of unbranched alkanes of at least 4 members (excludes halogenated alkanes) is 1. The fourth-order valence-corrected chi connectivity index (χ4v) is 1.04. The minimum atomic E-state index is 0.645. The SMILES string of the molecule is CCCC[C](C)NC(C)CC. The molecule has 1 heteroatoms. The molecule has 0 fully saturated rings. The first kappa shape index (κ1) is 11.0. The predicted molar refractivity (Wildman–Crippen MR) is 51.3 cm³/mol. The Hall–Kier alpha value is -0.0400. The Labute approximate surface area is 71.6 Å². The summed E-state index contributed by atoms with van der Waals surface area (Å²) in [6, 6.07) is 2.09. The first-order valence-electron chi connectivity index (χ1n) is 4.79. The van der Waals surface area contributed by atoms with Crippen molar-refractivity contribution in [2.24, 2.45) is 0 Å². The molecule has 0 aromatic heterocycles. The van der Waals surface area contributed by atoms with Crippen molar-refractivity contribution < 1.29 is 0 Å². The largest absolute Gasteiger partial charge is 0.307 e. The quantitative estimate of drug-likeness (QED) is 0.623. The van der Waals surface area contributed by atoms with Crippen LogP contribution in [0.3, 0.4) is 0 Å². The van der Waals surface area contributed by atoms with Crippen LogP contribution in [0.15, 0.2) is 0 Å². The van der Waals surface area contributed by atoms with Gasteiger partial charge in [0.05, 0.1) is 0 Å². The normalized spacial score (nSPS) is 13.9. The van der Waals surface area contributed by atoms with E-state index in [9.17, 15) is 0 Å². The fraction of sp³-hybridized carbons (Fsp3) is 0.900. The lowest BCUT2D eigenvalue weighted by molar-refractivity contribution is 0.513. The summed E-state index contributed by atoms with van der Waals surface area (Å²) in [7, 11) is 0. The van der Waals surface area contributed by atoms with Crippen LogP contribution in [0.5, 0.6) is 0 Å². The highest BCUT2D eigenvalue weighted by atomic mass is 14.9. The van der Waals surface area contributed by atoms with Crippen LogP contribution in [0.25, 0.3) is 0 Å². The Morgan fingerprint density at radius 3 is 2.45 bits per heavy atom. The van der Waals surface area contributed by atoms with E-state index in [1.54, 1.807) is 0 Å². The zero-order chi connectivity index (χ0) is 8.69. The molecule has 0 rings (SSSR count). The van der Waals surface area contributed by atoms with E-state index >= 15 is 0 Å². The number of hydrogen-bond donors (Lipinski definition) is 1. The summed E-state index contributed by atoms with van der Waals surface area (Å²) in [4.78, 5) is 0. The number of hydrogen-bond acceptors (Lipinski definition) is 1. The van der Waals surface area contributed by atoms with E-state index in [2.05, 4.69) is 33.0 Å². The van der Waals surface area contributed by atoms with Crippen LogP contribution in [-0.2, 0) is 0 Å². The summed E-state index contributed by atoms with van der Waals surface area (Å²) in [5.74, 6) is 0.